The van der Waals surface area contributed by atoms with Crippen molar-refractivity contribution in [1.29, 1.82) is 0 Å². The molecule has 0 heterocycles. The van der Waals surface area contributed by atoms with Crippen LogP contribution in [-0.2, 0) is 19.6 Å². The van der Waals surface area contributed by atoms with E-state index in [9.17, 15) is 17.8 Å². The molecule has 0 saturated heterocycles. The highest BCUT2D eigenvalue weighted by molar-refractivity contribution is 7.87. The number of carbonyl (C=O) groups excluding carboxylic acids is 1. The summed E-state index contributed by atoms with van der Waals surface area (Å²) in [5.41, 5.74) is 0. The van der Waals surface area contributed by atoms with E-state index in [0.29, 0.717) is 6.42 Å². The Morgan fingerprint density at radius 2 is 1.29 bits per heavy atom. The van der Waals surface area contributed by atoms with Gasteiger partial charge in [0.15, 0.2) is 5.25 Å². The fraction of sp³-hybridized carbons (Fsp3) is 0.955. The molecule has 0 amide bonds. The van der Waals surface area contributed by atoms with E-state index in [4.69, 9.17) is 4.74 Å². The summed E-state index contributed by atoms with van der Waals surface area (Å²) in [6, 6.07) is 0. The second kappa shape index (κ2) is 17.3. The maximum Gasteiger partial charge on any atom is 0.326 e. The van der Waals surface area contributed by atoms with Gasteiger partial charge in [0.2, 0.25) is 0 Å². The van der Waals surface area contributed by atoms with Crippen molar-refractivity contribution in [2.75, 3.05) is 6.61 Å². The molecule has 0 fully saturated rings. The SMILES string of the molecule is CCCCCCCCCCCCC(C(=O)OCC(CC)CCCC)S(=O)(=O)O. The highest BCUT2D eigenvalue weighted by Gasteiger charge is 2.32. The lowest BCUT2D eigenvalue weighted by molar-refractivity contribution is -0.144. The Balaban J connectivity index is 4.13. The van der Waals surface area contributed by atoms with Crippen LogP contribution in [0.25, 0.3) is 0 Å². The minimum atomic E-state index is -4.42. The van der Waals surface area contributed by atoms with Crippen molar-refractivity contribution in [1.82, 2.24) is 0 Å². The van der Waals surface area contributed by atoms with Gasteiger partial charge in [0.1, 0.15) is 0 Å². The summed E-state index contributed by atoms with van der Waals surface area (Å²) in [6.45, 7) is 6.60. The van der Waals surface area contributed by atoms with Crippen LogP contribution in [0.5, 0.6) is 0 Å². The molecule has 0 aromatic carbocycles. The number of esters is 1. The van der Waals surface area contributed by atoms with E-state index in [0.717, 1.165) is 44.9 Å². The van der Waals surface area contributed by atoms with Crippen molar-refractivity contribution in [3.8, 4) is 0 Å². The molecular formula is C22H44O5S. The molecule has 0 aliphatic heterocycles. The van der Waals surface area contributed by atoms with Crippen LogP contribution in [0.2, 0.25) is 0 Å². The van der Waals surface area contributed by atoms with Crippen LogP contribution in [0, 0.1) is 5.92 Å². The molecule has 1 N–H and O–H groups in total. The van der Waals surface area contributed by atoms with Crippen molar-refractivity contribution in [2.24, 2.45) is 5.92 Å². The van der Waals surface area contributed by atoms with Crippen molar-refractivity contribution >= 4 is 16.1 Å². The molecule has 0 aromatic heterocycles. The summed E-state index contributed by atoms with van der Waals surface area (Å²) < 4.78 is 37.9. The maximum atomic E-state index is 12.2. The molecule has 0 aromatic rings. The molecule has 5 nitrogen and oxygen atoms in total. The van der Waals surface area contributed by atoms with Gasteiger partial charge in [-0.3, -0.25) is 9.35 Å². The second-order valence-electron chi connectivity index (χ2n) is 8.02. The molecule has 0 saturated carbocycles. The third kappa shape index (κ3) is 14.4. The van der Waals surface area contributed by atoms with Crippen LogP contribution in [0.3, 0.4) is 0 Å². The highest BCUT2D eigenvalue weighted by atomic mass is 32.2. The van der Waals surface area contributed by atoms with Gasteiger partial charge in [0, 0.05) is 0 Å². The molecule has 0 rings (SSSR count). The van der Waals surface area contributed by atoms with Crippen molar-refractivity contribution in [3.05, 3.63) is 0 Å². The van der Waals surface area contributed by atoms with Crippen molar-refractivity contribution in [2.45, 2.75) is 122 Å². The zero-order chi connectivity index (χ0) is 21.3. The molecule has 0 radical (unpaired) electrons. The molecule has 0 aliphatic rings. The lowest BCUT2D eigenvalue weighted by atomic mass is 10.0. The van der Waals surface area contributed by atoms with Crippen molar-refractivity contribution < 1.29 is 22.5 Å². The zero-order valence-electron chi connectivity index (χ0n) is 18.5. The standard InChI is InChI=1S/C22H44O5S/c1-4-7-9-10-11-12-13-14-15-16-18-21(28(24,25)26)22(23)27-19-20(6-3)17-8-5-2/h20-21H,4-19H2,1-3H3,(H,24,25,26). The van der Waals surface area contributed by atoms with E-state index < -0.39 is 21.3 Å². The van der Waals surface area contributed by atoms with Gasteiger partial charge < -0.3 is 4.74 Å². The van der Waals surface area contributed by atoms with Crippen LogP contribution in [0.4, 0.5) is 0 Å². The number of carbonyl (C=O) groups is 1. The fourth-order valence-electron chi connectivity index (χ4n) is 3.40. The molecule has 0 aliphatic carbocycles. The number of hydrogen-bond donors (Lipinski definition) is 1. The minimum Gasteiger partial charge on any atom is -0.464 e. The van der Waals surface area contributed by atoms with Gasteiger partial charge in [0.05, 0.1) is 6.61 Å². The Morgan fingerprint density at radius 3 is 1.75 bits per heavy atom. The Labute approximate surface area is 173 Å². The highest BCUT2D eigenvalue weighted by Crippen LogP contribution is 2.17. The third-order valence-electron chi connectivity index (χ3n) is 5.45. The van der Waals surface area contributed by atoms with E-state index >= 15 is 0 Å². The van der Waals surface area contributed by atoms with E-state index in [2.05, 4.69) is 13.8 Å². The first-order valence-electron chi connectivity index (χ1n) is 11.5. The molecule has 0 bridgehead atoms. The first-order chi connectivity index (χ1) is 13.4. The smallest absolute Gasteiger partial charge is 0.326 e. The zero-order valence-corrected chi connectivity index (χ0v) is 19.3. The molecule has 168 valence electrons. The lowest BCUT2D eigenvalue weighted by Gasteiger charge is -2.17. The molecule has 2 unspecified atom stereocenters. The van der Waals surface area contributed by atoms with E-state index in [-0.39, 0.29) is 18.9 Å². The first-order valence-corrected chi connectivity index (χ1v) is 13.0. The average Bonchev–Trinajstić information content (AvgIpc) is 2.65. The summed E-state index contributed by atoms with van der Waals surface area (Å²) in [7, 11) is -4.42. The quantitative estimate of drug-likeness (QED) is 0.150. The Morgan fingerprint density at radius 1 is 0.786 bits per heavy atom. The lowest BCUT2D eigenvalue weighted by Crippen LogP contribution is -2.32. The summed E-state index contributed by atoms with van der Waals surface area (Å²) >= 11 is 0. The van der Waals surface area contributed by atoms with Gasteiger partial charge in [-0.25, -0.2) is 0 Å². The van der Waals surface area contributed by atoms with Gasteiger partial charge in [-0.1, -0.05) is 104 Å². The predicted molar refractivity (Wildman–Crippen MR) is 116 cm³/mol. The molecular weight excluding hydrogens is 376 g/mol. The first kappa shape index (κ1) is 27.4. The summed E-state index contributed by atoms with van der Waals surface area (Å²) in [6.07, 6.45) is 15.5. The van der Waals surface area contributed by atoms with Gasteiger partial charge in [-0.2, -0.15) is 8.42 Å². The number of ether oxygens (including phenoxy) is 1. The van der Waals surface area contributed by atoms with Gasteiger partial charge in [-0.05, 0) is 18.8 Å². The fourth-order valence-corrected chi connectivity index (χ4v) is 4.17. The monoisotopic (exact) mass is 420 g/mol. The second-order valence-corrected chi connectivity index (χ2v) is 9.62. The number of rotatable bonds is 19. The Kier molecular flexibility index (Phi) is 16.9. The minimum absolute atomic E-state index is 0.139. The molecule has 2 atom stereocenters. The number of hydrogen-bond acceptors (Lipinski definition) is 4. The number of unbranched alkanes of at least 4 members (excludes halogenated alkanes) is 10. The normalized spacial score (nSPS) is 14.0. The maximum absolute atomic E-state index is 12.2. The summed E-state index contributed by atoms with van der Waals surface area (Å²) in [5.74, 6) is -0.545. The topological polar surface area (TPSA) is 80.7 Å². The van der Waals surface area contributed by atoms with Gasteiger partial charge in [0.25, 0.3) is 10.1 Å². The Bertz CT molecular complexity index is 475. The Hall–Kier alpha value is -0.620. The van der Waals surface area contributed by atoms with Crippen LogP contribution in [-0.4, -0.2) is 30.8 Å². The molecule has 0 spiro atoms. The summed E-state index contributed by atoms with van der Waals surface area (Å²) in [5, 5.41) is -1.44. The van der Waals surface area contributed by atoms with Crippen molar-refractivity contribution in [3.63, 3.8) is 0 Å². The van der Waals surface area contributed by atoms with Gasteiger partial charge >= 0.3 is 5.97 Å². The van der Waals surface area contributed by atoms with Crippen LogP contribution in [0.1, 0.15) is 117 Å². The van der Waals surface area contributed by atoms with E-state index in [1.807, 2.05) is 6.92 Å². The third-order valence-corrected chi connectivity index (χ3v) is 6.59. The largest absolute Gasteiger partial charge is 0.464 e. The van der Waals surface area contributed by atoms with E-state index in [1.54, 1.807) is 0 Å². The molecule has 6 heteroatoms. The van der Waals surface area contributed by atoms with Gasteiger partial charge in [-0.15, -0.1) is 0 Å². The van der Waals surface area contributed by atoms with E-state index in [1.165, 1.54) is 38.5 Å². The molecule has 28 heavy (non-hydrogen) atoms. The van der Waals surface area contributed by atoms with Crippen LogP contribution >= 0.6 is 0 Å². The predicted octanol–water partition coefficient (Wildman–Crippen LogP) is 6.31. The van der Waals surface area contributed by atoms with Crippen LogP contribution < -0.4 is 0 Å². The summed E-state index contributed by atoms with van der Waals surface area (Å²) in [4.78, 5) is 12.2. The van der Waals surface area contributed by atoms with Crippen LogP contribution in [0.15, 0.2) is 0 Å². The average molecular weight is 421 g/mol.